The van der Waals surface area contributed by atoms with Gasteiger partial charge in [-0.15, -0.1) is 0 Å². The quantitative estimate of drug-likeness (QED) is 0.575. The summed E-state index contributed by atoms with van der Waals surface area (Å²) in [5, 5.41) is 0. The highest BCUT2D eigenvalue weighted by molar-refractivity contribution is 4.57. The largest absolute Gasteiger partial charge is 0.382 e. The van der Waals surface area contributed by atoms with Gasteiger partial charge >= 0.3 is 0 Å². The maximum absolute atomic E-state index is 5.43. The fourth-order valence-electron chi connectivity index (χ4n) is 1.07. The third kappa shape index (κ3) is 28.0. The molecule has 0 aliphatic rings. The standard InChI is InChI=1S/C10H22O5.7CH4/c1-11-5-9(13-3)7-15-8-10(14-4)6-12-2;;;;;;;/h9-10H,5-8H2,1-4H3;7*1H4. The van der Waals surface area contributed by atoms with Crippen molar-refractivity contribution < 1.29 is 23.7 Å². The van der Waals surface area contributed by atoms with Crippen LogP contribution in [0.3, 0.4) is 0 Å². The summed E-state index contributed by atoms with van der Waals surface area (Å²) in [6.07, 6.45) is -0.0647. The molecule has 0 saturated carbocycles. The molecule has 5 heteroatoms. The van der Waals surface area contributed by atoms with Gasteiger partial charge in [-0.2, -0.15) is 0 Å². The molecule has 22 heavy (non-hydrogen) atoms. The molecule has 0 aliphatic carbocycles. The van der Waals surface area contributed by atoms with Gasteiger partial charge in [0, 0.05) is 28.4 Å². The van der Waals surface area contributed by atoms with E-state index in [1.54, 1.807) is 28.4 Å². The Bertz CT molecular complexity index is 120. The van der Waals surface area contributed by atoms with Crippen LogP contribution in [0.15, 0.2) is 0 Å². The van der Waals surface area contributed by atoms with E-state index in [1.807, 2.05) is 0 Å². The van der Waals surface area contributed by atoms with Crippen molar-refractivity contribution in [3.05, 3.63) is 0 Å². The minimum absolute atomic E-state index is 0. The van der Waals surface area contributed by atoms with E-state index in [9.17, 15) is 0 Å². The van der Waals surface area contributed by atoms with Crippen LogP contribution < -0.4 is 0 Å². The fraction of sp³-hybridized carbons (Fsp3) is 1.00. The SMILES string of the molecule is C.C.C.C.C.C.C.COCC(COCC(COC)OC)OC. The molecular formula is C17H50O5. The Balaban J connectivity index is -0.0000000467. The Morgan fingerprint density at radius 3 is 0.955 bits per heavy atom. The summed E-state index contributed by atoms with van der Waals surface area (Å²) in [6, 6.07) is 0. The van der Waals surface area contributed by atoms with E-state index in [4.69, 9.17) is 23.7 Å². The lowest BCUT2D eigenvalue weighted by molar-refractivity contribution is -0.0690. The van der Waals surface area contributed by atoms with Crippen molar-refractivity contribution in [3.8, 4) is 0 Å². The predicted octanol–water partition coefficient (Wildman–Crippen LogP) is 4.78. The van der Waals surface area contributed by atoms with Gasteiger partial charge in [0.2, 0.25) is 0 Å². The van der Waals surface area contributed by atoms with Gasteiger partial charge in [-0.3, -0.25) is 0 Å². The minimum Gasteiger partial charge on any atom is -0.382 e. The van der Waals surface area contributed by atoms with Crippen molar-refractivity contribution in [1.29, 1.82) is 0 Å². The first-order valence-corrected chi connectivity index (χ1v) is 4.89. The van der Waals surface area contributed by atoms with Crippen LogP contribution >= 0.6 is 0 Å². The van der Waals surface area contributed by atoms with Crippen LogP contribution in [-0.2, 0) is 23.7 Å². The number of rotatable bonds is 10. The molecule has 0 aliphatic heterocycles. The van der Waals surface area contributed by atoms with Gasteiger partial charge in [0.25, 0.3) is 0 Å². The first kappa shape index (κ1) is 49.5. The van der Waals surface area contributed by atoms with Crippen LogP contribution in [0.4, 0.5) is 0 Å². The number of methoxy groups -OCH3 is 4. The zero-order valence-corrected chi connectivity index (χ0v) is 10.0. The molecule has 0 spiro atoms. The Morgan fingerprint density at radius 1 is 0.500 bits per heavy atom. The molecule has 0 aromatic carbocycles. The van der Waals surface area contributed by atoms with Crippen molar-refractivity contribution in [2.75, 3.05) is 54.9 Å². The second kappa shape index (κ2) is 37.2. The summed E-state index contributed by atoms with van der Waals surface area (Å²) in [5.41, 5.74) is 0. The molecular weight excluding hydrogens is 284 g/mol. The lowest BCUT2D eigenvalue weighted by Gasteiger charge is -2.18. The zero-order valence-electron chi connectivity index (χ0n) is 10.0. The number of hydrogen-bond acceptors (Lipinski definition) is 5. The van der Waals surface area contributed by atoms with Crippen molar-refractivity contribution in [2.45, 2.75) is 64.2 Å². The van der Waals surface area contributed by atoms with Crippen molar-refractivity contribution in [2.24, 2.45) is 0 Å². The minimum atomic E-state index is -0.0324. The molecule has 2 atom stereocenters. The maximum atomic E-state index is 5.43. The number of hydrogen-bond donors (Lipinski definition) is 0. The molecule has 5 nitrogen and oxygen atoms in total. The highest BCUT2D eigenvalue weighted by Crippen LogP contribution is 1.96. The lowest BCUT2D eigenvalue weighted by atomic mass is 10.4. The summed E-state index contributed by atoms with van der Waals surface area (Å²) >= 11 is 0. The first-order chi connectivity index (χ1) is 7.28. The van der Waals surface area contributed by atoms with Crippen LogP contribution in [0.1, 0.15) is 52.0 Å². The molecule has 0 fully saturated rings. The van der Waals surface area contributed by atoms with E-state index in [0.717, 1.165) is 0 Å². The van der Waals surface area contributed by atoms with Gasteiger partial charge in [0.05, 0.1) is 26.4 Å². The third-order valence-electron chi connectivity index (χ3n) is 1.98. The molecule has 148 valence electrons. The monoisotopic (exact) mass is 334 g/mol. The van der Waals surface area contributed by atoms with Gasteiger partial charge in [-0.1, -0.05) is 52.0 Å². The Labute approximate surface area is 143 Å². The summed E-state index contributed by atoms with van der Waals surface area (Å²) in [5.74, 6) is 0. The van der Waals surface area contributed by atoms with Gasteiger partial charge in [-0.25, -0.2) is 0 Å². The van der Waals surface area contributed by atoms with Crippen LogP contribution in [0, 0.1) is 0 Å². The molecule has 0 saturated heterocycles. The third-order valence-corrected chi connectivity index (χ3v) is 1.98. The second-order valence-electron chi connectivity index (χ2n) is 3.16. The van der Waals surface area contributed by atoms with Crippen molar-refractivity contribution in [1.82, 2.24) is 0 Å². The summed E-state index contributed by atoms with van der Waals surface area (Å²) in [7, 11) is 6.54. The average molecular weight is 335 g/mol. The molecule has 0 radical (unpaired) electrons. The highest BCUT2D eigenvalue weighted by Gasteiger charge is 2.10. The van der Waals surface area contributed by atoms with Crippen molar-refractivity contribution >= 4 is 0 Å². The molecule has 0 heterocycles. The van der Waals surface area contributed by atoms with Crippen LogP contribution in [0.2, 0.25) is 0 Å². The lowest BCUT2D eigenvalue weighted by Crippen LogP contribution is -2.29. The smallest absolute Gasteiger partial charge is 0.104 e. The molecule has 2 unspecified atom stereocenters. The van der Waals surface area contributed by atoms with Gasteiger partial charge in [0.1, 0.15) is 12.2 Å². The van der Waals surface area contributed by atoms with Gasteiger partial charge in [-0.05, 0) is 0 Å². The van der Waals surface area contributed by atoms with Crippen LogP contribution in [-0.4, -0.2) is 67.1 Å². The number of ether oxygens (including phenoxy) is 5. The maximum Gasteiger partial charge on any atom is 0.104 e. The molecule has 0 N–H and O–H groups in total. The Kier molecular flexibility index (Phi) is 83.8. The molecule has 0 aromatic rings. The van der Waals surface area contributed by atoms with Crippen LogP contribution in [0.25, 0.3) is 0 Å². The fourth-order valence-corrected chi connectivity index (χ4v) is 1.07. The highest BCUT2D eigenvalue weighted by atomic mass is 16.6. The van der Waals surface area contributed by atoms with E-state index < -0.39 is 0 Å². The van der Waals surface area contributed by atoms with Crippen molar-refractivity contribution in [3.63, 3.8) is 0 Å². The molecule has 0 aromatic heterocycles. The van der Waals surface area contributed by atoms with E-state index in [1.165, 1.54) is 0 Å². The zero-order chi connectivity index (χ0) is 11.5. The molecule has 0 bridgehead atoms. The van der Waals surface area contributed by atoms with E-state index in [0.29, 0.717) is 26.4 Å². The Hall–Kier alpha value is -0.200. The predicted molar refractivity (Wildman–Crippen MR) is 103 cm³/mol. The van der Waals surface area contributed by atoms with E-state index >= 15 is 0 Å². The van der Waals surface area contributed by atoms with Crippen LogP contribution in [0.5, 0.6) is 0 Å². The summed E-state index contributed by atoms with van der Waals surface area (Å²) < 4.78 is 25.7. The van der Waals surface area contributed by atoms with Gasteiger partial charge in [0.15, 0.2) is 0 Å². The normalized spacial score (nSPS) is 10.4. The molecule has 0 amide bonds. The summed E-state index contributed by atoms with van der Waals surface area (Å²) in [6.45, 7) is 2.04. The average Bonchev–Trinajstić information content (AvgIpc) is 2.26. The first-order valence-electron chi connectivity index (χ1n) is 4.89. The van der Waals surface area contributed by atoms with Gasteiger partial charge < -0.3 is 23.7 Å². The Morgan fingerprint density at radius 2 is 0.773 bits per heavy atom. The molecule has 0 rings (SSSR count). The topological polar surface area (TPSA) is 46.2 Å². The van der Waals surface area contributed by atoms with E-state index in [-0.39, 0.29) is 64.2 Å². The van der Waals surface area contributed by atoms with E-state index in [2.05, 4.69) is 0 Å². The summed E-state index contributed by atoms with van der Waals surface area (Å²) in [4.78, 5) is 0. The second-order valence-corrected chi connectivity index (χ2v) is 3.16.